The largest absolute Gasteiger partial charge is 0.508 e. The summed E-state index contributed by atoms with van der Waals surface area (Å²) in [4.78, 5) is 23.3. The summed E-state index contributed by atoms with van der Waals surface area (Å²) in [6, 6.07) is 8.53. The number of aromatic nitrogens is 3. The Balaban J connectivity index is 1.53. The van der Waals surface area contributed by atoms with Crippen LogP contribution in [0.4, 0.5) is 0 Å². The highest BCUT2D eigenvalue weighted by Gasteiger charge is 2.13. The molecule has 0 bridgehead atoms. The zero-order chi connectivity index (χ0) is 20.1. The quantitative estimate of drug-likeness (QED) is 0.497. The van der Waals surface area contributed by atoms with Crippen LogP contribution in [0.15, 0.2) is 76.9 Å². The second-order valence-electron chi connectivity index (χ2n) is 6.99. The molecular formula is C22H22N4O3. The number of hydrogen-bond acceptors (Lipinski definition) is 6. The van der Waals surface area contributed by atoms with Gasteiger partial charge in [0.25, 0.3) is 0 Å². The lowest BCUT2D eigenvalue weighted by Gasteiger charge is -2.22. The van der Waals surface area contributed by atoms with Crippen LogP contribution in [0.5, 0.6) is 5.75 Å². The fourth-order valence-corrected chi connectivity index (χ4v) is 3.36. The van der Waals surface area contributed by atoms with Crippen LogP contribution in [0.1, 0.15) is 17.5 Å². The van der Waals surface area contributed by atoms with E-state index < -0.39 is 0 Å². The third-order valence-corrected chi connectivity index (χ3v) is 4.83. The minimum atomic E-state index is -0.0689. The molecule has 0 saturated carbocycles. The molecule has 0 spiro atoms. The molecule has 4 aromatic rings. The first-order valence-electron chi connectivity index (χ1n) is 9.49. The fraction of sp³-hybridized carbons (Fsp3) is 0.227. The van der Waals surface area contributed by atoms with Crippen molar-refractivity contribution in [3.05, 3.63) is 89.1 Å². The van der Waals surface area contributed by atoms with Crippen LogP contribution in [-0.2, 0) is 19.6 Å². The van der Waals surface area contributed by atoms with E-state index in [9.17, 15) is 9.90 Å². The maximum Gasteiger partial charge on any atom is 0.197 e. The highest BCUT2D eigenvalue weighted by molar-refractivity contribution is 5.78. The Hall–Kier alpha value is -3.45. The molecule has 7 nitrogen and oxygen atoms in total. The third kappa shape index (κ3) is 4.70. The van der Waals surface area contributed by atoms with Crippen molar-refractivity contribution in [2.75, 3.05) is 6.54 Å². The summed E-state index contributed by atoms with van der Waals surface area (Å²) < 4.78 is 7.65. The highest BCUT2D eigenvalue weighted by atomic mass is 16.3. The Morgan fingerprint density at radius 3 is 2.72 bits per heavy atom. The van der Waals surface area contributed by atoms with Gasteiger partial charge in [-0.05, 0) is 36.2 Å². The molecule has 0 aliphatic rings. The van der Waals surface area contributed by atoms with Gasteiger partial charge < -0.3 is 14.1 Å². The molecule has 4 rings (SSSR count). The van der Waals surface area contributed by atoms with Crippen molar-refractivity contribution < 1.29 is 9.52 Å². The van der Waals surface area contributed by atoms with Gasteiger partial charge in [0, 0.05) is 62.6 Å². The second kappa shape index (κ2) is 8.70. The Morgan fingerprint density at radius 1 is 1.07 bits per heavy atom. The number of fused-ring (bicyclic) bond motifs is 1. The zero-order valence-corrected chi connectivity index (χ0v) is 15.9. The van der Waals surface area contributed by atoms with Gasteiger partial charge in [-0.1, -0.05) is 0 Å². The number of aromatic hydroxyl groups is 1. The Kier molecular flexibility index (Phi) is 5.67. The van der Waals surface area contributed by atoms with Crippen LogP contribution in [0.25, 0.3) is 11.0 Å². The maximum absolute atomic E-state index is 12.9. The molecule has 0 aliphatic carbocycles. The Bertz CT molecular complexity index is 1120. The summed E-state index contributed by atoms with van der Waals surface area (Å²) in [6.07, 6.45) is 11.5. The smallest absolute Gasteiger partial charge is 0.197 e. The molecule has 0 aliphatic heterocycles. The highest BCUT2D eigenvalue weighted by Crippen LogP contribution is 2.18. The first kappa shape index (κ1) is 18.9. The summed E-state index contributed by atoms with van der Waals surface area (Å²) in [7, 11) is 0. The van der Waals surface area contributed by atoms with Gasteiger partial charge >= 0.3 is 0 Å². The van der Waals surface area contributed by atoms with Crippen LogP contribution in [0.3, 0.4) is 0 Å². The van der Waals surface area contributed by atoms with Crippen LogP contribution < -0.4 is 5.43 Å². The van der Waals surface area contributed by atoms with Crippen molar-refractivity contribution in [2.45, 2.75) is 26.1 Å². The summed E-state index contributed by atoms with van der Waals surface area (Å²) in [5.74, 6) is 0.0761. The van der Waals surface area contributed by atoms with Crippen LogP contribution in [-0.4, -0.2) is 31.1 Å². The van der Waals surface area contributed by atoms with Crippen molar-refractivity contribution in [1.82, 2.24) is 19.4 Å². The molecule has 148 valence electrons. The lowest BCUT2D eigenvalue weighted by atomic mass is 10.1. The van der Waals surface area contributed by atoms with Crippen LogP contribution in [0.2, 0.25) is 0 Å². The van der Waals surface area contributed by atoms with Crippen molar-refractivity contribution in [3.8, 4) is 5.75 Å². The predicted octanol–water partition coefficient (Wildman–Crippen LogP) is 3.18. The normalized spacial score (nSPS) is 11.3. The van der Waals surface area contributed by atoms with Crippen molar-refractivity contribution in [2.24, 2.45) is 0 Å². The number of phenolic OH excluding ortho intramolecular Hbond substituents is 1. The molecule has 0 amide bonds. The van der Waals surface area contributed by atoms with E-state index in [2.05, 4.69) is 14.9 Å². The second-order valence-corrected chi connectivity index (χ2v) is 6.99. The lowest BCUT2D eigenvalue weighted by Crippen LogP contribution is -2.27. The van der Waals surface area contributed by atoms with Gasteiger partial charge in [-0.2, -0.15) is 0 Å². The molecule has 0 atom stereocenters. The number of pyridine rings is 1. The fourth-order valence-electron chi connectivity index (χ4n) is 3.36. The van der Waals surface area contributed by atoms with E-state index >= 15 is 0 Å². The molecule has 29 heavy (non-hydrogen) atoms. The maximum atomic E-state index is 12.9. The minimum absolute atomic E-state index is 0.0689. The van der Waals surface area contributed by atoms with E-state index in [1.54, 1.807) is 31.0 Å². The first-order valence-corrected chi connectivity index (χ1v) is 9.49. The average molecular weight is 390 g/mol. The van der Waals surface area contributed by atoms with Crippen molar-refractivity contribution in [1.29, 1.82) is 0 Å². The zero-order valence-electron chi connectivity index (χ0n) is 15.9. The minimum Gasteiger partial charge on any atom is -0.508 e. The third-order valence-electron chi connectivity index (χ3n) is 4.83. The molecule has 1 N–H and O–H groups in total. The number of hydrogen-bond donors (Lipinski definition) is 1. The number of phenols is 1. The number of imidazole rings is 1. The molecule has 0 radical (unpaired) electrons. The van der Waals surface area contributed by atoms with Gasteiger partial charge in [-0.3, -0.25) is 14.7 Å². The Morgan fingerprint density at radius 2 is 1.93 bits per heavy atom. The molecule has 0 saturated heterocycles. The van der Waals surface area contributed by atoms with E-state index in [1.807, 2.05) is 22.9 Å². The van der Waals surface area contributed by atoms with E-state index in [0.717, 1.165) is 25.1 Å². The summed E-state index contributed by atoms with van der Waals surface area (Å²) in [6.45, 7) is 2.86. The summed E-state index contributed by atoms with van der Waals surface area (Å²) in [5, 5.41) is 10.1. The van der Waals surface area contributed by atoms with E-state index in [1.165, 1.54) is 18.4 Å². The topological polar surface area (TPSA) is 84.4 Å². The van der Waals surface area contributed by atoms with Crippen LogP contribution >= 0.6 is 0 Å². The molecular weight excluding hydrogens is 368 g/mol. The summed E-state index contributed by atoms with van der Waals surface area (Å²) >= 11 is 0. The predicted molar refractivity (Wildman–Crippen MR) is 109 cm³/mol. The van der Waals surface area contributed by atoms with Gasteiger partial charge in [0.2, 0.25) is 0 Å². The molecule has 1 aromatic carbocycles. The Labute approximate surface area is 167 Å². The molecule has 7 heteroatoms. The van der Waals surface area contributed by atoms with Gasteiger partial charge in [0.05, 0.1) is 18.0 Å². The lowest BCUT2D eigenvalue weighted by molar-refractivity contribution is 0.246. The average Bonchev–Trinajstić information content (AvgIpc) is 3.24. The number of nitrogens with zero attached hydrogens (tertiary/aromatic N) is 4. The van der Waals surface area contributed by atoms with Crippen molar-refractivity contribution >= 4 is 11.0 Å². The van der Waals surface area contributed by atoms with E-state index in [-0.39, 0.29) is 11.2 Å². The van der Waals surface area contributed by atoms with Gasteiger partial charge in [-0.15, -0.1) is 0 Å². The monoisotopic (exact) mass is 390 g/mol. The number of rotatable bonds is 8. The molecule has 3 heterocycles. The van der Waals surface area contributed by atoms with E-state index in [4.69, 9.17) is 4.42 Å². The molecule has 0 unspecified atom stereocenters. The van der Waals surface area contributed by atoms with Gasteiger partial charge in [-0.25, -0.2) is 4.98 Å². The molecule has 0 fully saturated rings. The SMILES string of the molecule is O=c1c(CN(CCCn2ccnc2)Cc2ccncc2)coc2cc(O)ccc12. The van der Waals surface area contributed by atoms with Crippen molar-refractivity contribution in [3.63, 3.8) is 0 Å². The standard InChI is InChI=1S/C22H22N4O3/c27-19-2-3-20-21(12-19)29-15-18(22(20)28)14-26(13-17-4-6-23-7-5-17)10-1-9-25-11-8-24-16-25/h2-8,11-12,15-16,27H,1,9-10,13-14H2. The first-order chi connectivity index (χ1) is 14.2. The summed E-state index contributed by atoms with van der Waals surface area (Å²) in [5.41, 5.74) is 2.05. The van der Waals surface area contributed by atoms with Crippen LogP contribution in [0, 0.1) is 0 Å². The number of aryl methyl sites for hydroxylation is 1. The number of benzene rings is 1. The molecule has 3 aromatic heterocycles. The van der Waals surface area contributed by atoms with E-state index in [0.29, 0.717) is 29.6 Å². The van der Waals surface area contributed by atoms with Gasteiger partial charge in [0.1, 0.15) is 11.3 Å². The van der Waals surface area contributed by atoms with Gasteiger partial charge in [0.15, 0.2) is 5.43 Å².